The van der Waals surface area contributed by atoms with Crippen molar-refractivity contribution in [3.05, 3.63) is 58.1 Å². The highest BCUT2D eigenvalue weighted by Gasteiger charge is 2.29. The average Bonchev–Trinajstić information content (AvgIpc) is 3.25. The van der Waals surface area contributed by atoms with Gasteiger partial charge in [-0.05, 0) is 36.6 Å². The summed E-state index contributed by atoms with van der Waals surface area (Å²) in [7, 11) is 0. The number of amides is 1. The first-order chi connectivity index (χ1) is 12.7. The van der Waals surface area contributed by atoms with Crippen LogP contribution in [0.5, 0.6) is 0 Å². The predicted octanol–water partition coefficient (Wildman–Crippen LogP) is 2.53. The second kappa shape index (κ2) is 7.03. The van der Waals surface area contributed by atoms with Crippen LogP contribution in [0.2, 0.25) is 5.02 Å². The Morgan fingerprint density at radius 1 is 1.31 bits per heavy atom. The van der Waals surface area contributed by atoms with E-state index in [0.29, 0.717) is 17.3 Å². The molecule has 0 aliphatic carbocycles. The third kappa shape index (κ3) is 3.17. The number of pyridine rings is 1. The van der Waals surface area contributed by atoms with E-state index in [-0.39, 0.29) is 12.3 Å². The maximum atomic E-state index is 12.8. The van der Waals surface area contributed by atoms with Gasteiger partial charge in [0, 0.05) is 43.8 Å². The van der Waals surface area contributed by atoms with Crippen LogP contribution in [-0.4, -0.2) is 50.9 Å². The Balaban J connectivity index is 1.49. The lowest BCUT2D eigenvalue weighted by molar-refractivity contribution is -0.130. The molecular weight excluding hydrogens is 350 g/mol. The molecule has 6 nitrogen and oxygen atoms in total. The normalized spacial score (nSPS) is 16.7. The Morgan fingerprint density at radius 3 is 2.85 bits per heavy atom. The molecule has 0 fully saturated rings. The molecule has 2 aliphatic rings. The number of halogens is 1. The Kier molecular flexibility index (Phi) is 4.59. The highest BCUT2D eigenvalue weighted by Crippen LogP contribution is 2.28. The topological polar surface area (TPSA) is 63.4 Å². The standard InChI is InChI=1S/C19H20ClN5O/c1-2-25-12-16(20)17(23-25)9-18(26)24-8-5-14-10-22-19(15(14)11-24)13-3-6-21-7-4-13/h3-4,6-7,12H,2,5,8-11H2,1H3. The molecule has 0 bridgehead atoms. The van der Waals surface area contributed by atoms with Crippen molar-refractivity contribution in [3.63, 3.8) is 0 Å². The molecule has 0 aromatic carbocycles. The van der Waals surface area contributed by atoms with E-state index in [2.05, 4.69) is 10.1 Å². The first-order valence-corrected chi connectivity index (χ1v) is 9.19. The Hall–Kier alpha value is -2.47. The largest absolute Gasteiger partial charge is 0.338 e. The molecule has 4 heterocycles. The van der Waals surface area contributed by atoms with Gasteiger partial charge in [0.25, 0.3) is 0 Å². The fourth-order valence-corrected chi connectivity index (χ4v) is 3.67. The minimum absolute atomic E-state index is 0.0563. The minimum atomic E-state index is 0.0563. The number of hydrogen-bond donors (Lipinski definition) is 0. The highest BCUT2D eigenvalue weighted by molar-refractivity contribution is 6.31. The molecule has 2 aromatic rings. The molecule has 2 aromatic heterocycles. The van der Waals surface area contributed by atoms with Gasteiger partial charge in [0.15, 0.2) is 0 Å². The van der Waals surface area contributed by atoms with Crippen molar-refractivity contribution < 1.29 is 4.79 Å². The van der Waals surface area contributed by atoms with Gasteiger partial charge >= 0.3 is 0 Å². The number of carbonyl (C=O) groups is 1. The number of rotatable bonds is 4. The van der Waals surface area contributed by atoms with E-state index in [1.54, 1.807) is 23.3 Å². The molecule has 4 rings (SSSR count). The zero-order chi connectivity index (χ0) is 18.1. The van der Waals surface area contributed by atoms with Crippen molar-refractivity contribution in [2.24, 2.45) is 4.99 Å². The lowest BCUT2D eigenvalue weighted by atomic mass is 9.95. The maximum absolute atomic E-state index is 12.8. The van der Waals surface area contributed by atoms with Crippen molar-refractivity contribution in [3.8, 4) is 0 Å². The second-order valence-corrected chi connectivity index (χ2v) is 6.91. The summed E-state index contributed by atoms with van der Waals surface area (Å²) in [6.07, 6.45) is 6.42. The SMILES string of the molecule is CCn1cc(Cl)c(CC(=O)N2CCC3=C(C2)C(c2ccncc2)=NC3)n1. The van der Waals surface area contributed by atoms with Crippen molar-refractivity contribution in [2.45, 2.75) is 26.3 Å². The minimum Gasteiger partial charge on any atom is -0.338 e. The van der Waals surface area contributed by atoms with Crippen LogP contribution in [0.4, 0.5) is 0 Å². The number of carbonyl (C=O) groups excluding carboxylic acids is 1. The zero-order valence-electron chi connectivity index (χ0n) is 14.7. The van der Waals surface area contributed by atoms with E-state index >= 15 is 0 Å². The molecule has 0 radical (unpaired) electrons. The summed E-state index contributed by atoms with van der Waals surface area (Å²) in [5.74, 6) is 0.0563. The van der Waals surface area contributed by atoms with Gasteiger partial charge in [-0.15, -0.1) is 0 Å². The number of aromatic nitrogens is 3. The fraction of sp³-hybridized carbons (Fsp3) is 0.368. The molecule has 0 saturated carbocycles. The molecule has 0 saturated heterocycles. The fourth-order valence-electron chi connectivity index (χ4n) is 3.45. The van der Waals surface area contributed by atoms with Crippen LogP contribution in [0.25, 0.3) is 0 Å². The van der Waals surface area contributed by atoms with Crippen LogP contribution in [0, 0.1) is 0 Å². The Bertz CT molecular complexity index is 900. The smallest absolute Gasteiger partial charge is 0.229 e. The molecule has 7 heteroatoms. The summed E-state index contributed by atoms with van der Waals surface area (Å²) in [5, 5.41) is 4.94. The van der Waals surface area contributed by atoms with Gasteiger partial charge in [0.1, 0.15) is 0 Å². The van der Waals surface area contributed by atoms with Crippen LogP contribution in [0.15, 0.2) is 46.9 Å². The Morgan fingerprint density at radius 2 is 2.12 bits per heavy atom. The number of aryl methyl sites for hydroxylation is 1. The molecule has 0 unspecified atom stereocenters. The van der Waals surface area contributed by atoms with E-state index in [9.17, 15) is 4.79 Å². The summed E-state index contributed by atoms with van der Waals surface area (Å²) in [6.45, 7) is 4.79. The van der Waals surface area contributed by atoms with Crippen LogP contribution < -0.4 is 0 Å². The lowest BCUT2D eigenvalue weighted by Gasteiger charge is -2.29. The number of aliphatic imine (C=N–C) groups is 1. The number of nitrogens with zero attached hydrogens (tertiary/aromatic N) is 5. The van der Waals surface area contributed by atoms with Gasteiger partial charge < -0.3 is 4.90 Å². The van der Waals surface area contributed by atoms with Crippen molar-refractivity contribution in [1.29, 1.82) is 0 Å². The van der Waals surface area contributed by atoms with E-state index in [0.717, 1.165) is 37.3 Å². The summed E-state index contributed by atoms with van der Waals surface area (Å²) in [5.41, 5.74) is 5.22. The number of hydrogen-bond acceptors (Lipinski definition) is 4. The van der Waals surface area contributed by atoms with E-state index in [1.807, 2.05) is 24.0 Å². The highest BCUT2D eigenvalue weighted by atomic mass is 35.5. The predicted molar refractivity (Wildman–Crippen MR) is 100 cm³/mol. The quantitative estimate of drug-likeness (QED) is 0.831. The van der Waals surface area contributed by atoms with Gasteiger partial charge in [0.2, 0.25) is 5.91 Å². The molecule has 0 N–H and O–H groups in total. The van der Waals surface area contributed by atoms with Gasteiger partial charge in [-0.2, -0.15) is 5.10 Å². The van der Waals surface area contributed by atoms with Crippen LogP contribution >= 0.6 is 11.6 Å². The molecule has 26 heavy (non-hydrogen) atoms. The van der Waals surface area contributed by atoms with E-state index in [1.165, 1.54) is 11.1 Å². The summed E-state index contributed by atoms with van der Waals surface area (Å²) >= 11 is 6.21. The molecule has 0 spiro atoms. The first-order valence-electron chi connectivity index (χ1n) is 8.81. The maximum Gasteiger partial charge on any atom is 0.229 e. The van der Waals surface area contributed by atoms with Crippen LogP contribution in [-0.2, 0) is 17.8 Å². The van der Waals surface area contributed by atoms with Gasteiger partial charge in [-0.3, -0.25) is 19.5 Å². The molecule has 2 aliphatic heterocycles. The molecular formula is C19H20ClN5O. The summed E-state index contributed by atoms with van der Waals surface area (Å²) < 4.78 is 1.76. The third-order valence-electron chi connectivity index (χ3n) is 4.91. The molecule has 134 valence electrons. The van der Waals surface area contributed by atoms with Crippen molar-refractivity contribution >= 4 is 23.2 Å². The van der Waals surface area contributed by atoms with Crippen molar-refractivity contribution in [2.75, 3.05) is 19.6 Å². The lowest BCUT2D eigenvalue weighted by Crippen LogP contribution is -2.39. The van der Waals surface area contributed by atoms with Gasteiger partial charge in [-0.1, -0.05) is 11.6 Å². The molecule has 0 atom stereocenters. The van der Waals surface area contributed by atoms with Gasteiger partial charge in [0.05, 0.1) is 29.4 Å². The van der Waals surface area contributed by atoms with E-state index < -0.39 is 0 Å². The van der Waals surface area contributed by atoms with Gasteiger partial charge in [-0.25, -0.2) is 0 Å². The second-order valence-electron chi connectivity index (χ2n) is 6.50. The summed E-state index contributed by atoms with van der Waals surface area (Å²) in [6, 6.07) is 3.93. The van der Waals surface area contributed by atoms with Crippen molar-refractivity contribution in [1.82, 2.24) is 19.7 Å². The van der Waals surface area contributed by atoms with E-state index in [4.69, 9.17) is 16.6 Å². The molecule has 1 amide bonds. The Labute approximate surface area is 157 Å². The monoisotopic (exact) mass is 369 g/mol. The third-order valence-corrected chi connectivity index (χ3v) is 5.23. The van der Waals surface area contributed by atoms with Crippen LogP contribution in [0.3, 0.4) is 0 Å². The van der Waals surface area contributed by atoms with Crippen LogP contribution in [0.1, 0.15) is 24.6 Å². The summed E-state index contributed by atoms with van der Waals surface area (Å²) in [4.78, 5) is 23.5. The zero-order valence-corrected chi connectivity index (χ0v) is 15.4. The average molecular weight is 370 g/mol. The first kappa shape index (κ1) is 17.0.